The van der Waals surface area contributed by atoms with Gasteiger partial charge in [-0.3, -0.25) is 0 Å². The van der Waals surface area contributed by atoms with Crippen molar-refractivity contribution >= 4 is 5.84 Å². The lowest BCUT2D eigenvalue weighted by molar-refractivity contribution is 0.314. The van der Waals surface area contributed by atoms with Crippen LogP contribution in [0, 0.1) is 5.82 Å². The van der Waals surface area contributed by atoms with E-state index in [2.05, 4.69) is 10.5 Å². The van der Waals surface area contributed by atoms with E-state index in [1.165, 1.54) is 12.1 Å². The lowest BCUT2D eigenvalue weighted by Crippen LogP contribution is -2.44. The first-order valence-corrected chi connectivity index (χ1v) is 5.51. The normalized spacial score (nSPS) is 15.6. The molecular formula is C12H18FN3O. The number of halogens is 1. The van der Waals surface area contributed by atoms with E-state index in [1.54, 1.807) is 12.1 Å². The third-order valence-electron chi connectivity index (χ3n) is 2.55. The minimum absolute atomic E-state index is 0.149. The van der Waals surface area contributed by atoms with Gasteiger partial charge in [-0.2, -0.15) is 0 Å². The molecule has 0 heterocycles. The van der Waals surface area contributed by atoms with Crippen LogP contribution in [0.4, 0.5) is 4.39 Å². The molecule has 0 spiro atoms. The number of oxime groups is 1. The molecule has 2 atom stereocenters. The Morgan fingerprint density at radius 1 is 1.41 bits per heavy atom. The summed E-state index contributed by atoms with van der Waals surface area (Å²) in [6.45, 7) is 3.81. The van der Waals surface area contributed by atoms with Crippen molar-refractivity contribution in [3.05, 3.63) is 35.6 Å². The van der Waals surface area contributed by atoms with Crippen molar-refractivity contribution in [2.75, 3.05) is 0 Å². The maximum atomic E-state index is 12.7. The number of hydrogen-bond acceptors (Lipinski definition) is 3. The third kappa shape index (κ3) is 4.40. The van der Waals surface area contributed by atoms with E-state index < -0.39 is 0 Å². The maximum absolute atomic E-state index is 12.7. The Balaban J connectivity index is 2.49. The summed E-state index contributed by atoms with van der Waals surface area (Å²) >= 11 is 0. The van der Waals surface area contributed by atoms with Crippen LogP contribution in [0.5, 0.6) is 0 Å². The summed E-state index contributed by atoms with van der Waals surface area (Å²) in [6.07, 6.45) is 0.753. The highest BCUT2D eigenvalue weighted by Crippen LogP contribution is 2.06. The van der Waals surface area contributed by atoms with E-state index in [4.69, 9.17) is 10.9 Å². The van der Waals surface area contributed by atoms with Crippen molar-refractivity contribution in [3.63, 3.8) is 0 Å². The molecule has 0 aliphatic carbocycles. The van der Waals surface area contributed by atoms with E-state index in [-0.39, 0.29) is 23.7 Å². The van der Waals surface area contributed by atoms with Crippen molar-refractivity contribution in [1.29, 1.82) is 0 Å². The molecule has 0 aliphatic rings. The summed E-state index contributed by atoms with van der Waals surface area (Å²) in [6, 6.07) is 6.33. The van der Waals surface area contributed by atoms with Gasteiger partial charge in [0.25, 0.3) is 0 Å². The van der Waals surface area contributed by atoms with Crippen LogP contribution in [0.1, 0.15) is 19.4 Å². The predicted molar refractivity (Wildman–Crippen MR) is 65.6 cm³/mol. The van der Waals surface area contributed by atoms with Crippen LogP contribution >= 0.6 is 0 Å². The first-order chi connectivity index (χ1) is 8.02. The molecule has 1 rings (SSSR count). The SMILES string of the molecule is CC(Cc1ccc(F)cc1)NC(C)/C(N)=N/O. The van der Waals surface area contributed by atoms with E-state index in [9.17, 15) is 4.39 Å². The van der Waals surface area contributed by atoms with Gasteiger partial charge in [0.15, 0.2) is 5.84 Å². The van der Waals surface area contributed by atoms with Gasteiger partial charge >= 0.3 is 0 Å². The number of amidine groups is 1. The third-order valence-corrected chi connectivity index (χ3v) is 2.55. The summed E-state index contributed by atoms with van der Waals surface area (Å²) < 4.78 is 12.7. The monoisotopic (exact) mass is 239 g/mol. The van der Waals surface area contributed by atoms with Crippen LogP contribution in [-0.4, -0.2) is 23.1 Å². The summed E-state index contributed by atoms with van der Waals surface area (Å²) in [7, 11) is 0. The Bertz CT molecular complexity index is 378. The van der Waals surface area contributed by atoms with E-state index in [1.807, 2.05) is 13.8 Å². The van der Waals surface area contributed by atoms with Gasteiger partial charge in [0.1, 0.15) is 5.82 Å². The molecule has 0 aromatic heterocycles. The fourth-order valence-electron chi connectivity index (χ4n) is 1.63. The van der Waals surface area contributed by atoms with Gasteiger partial charge in [0.05, 0.1) is 6.04 Å². The maximum Gasteiger partial charge on any atom is 0.156 e. The van der Waals surface area contributed by atoms with E-state index in [0.717, 1.165) is 12.0 Å². The predicted octanol–water partition coefficient (Wildman–Crippen LogP) is 1.48. The van der Waals surface area contributed by atoms with E-state index >= 15 is 0 Å². The summed E-state index contributed by atoms with van der Waals surface area (Å²) in [5.41, 5.74) is 6.51. The van der Waals surface area contributed by atoms with Gasteiger partial charge in [-0.05, 0) is 38.0 Å². The minimum Gasteiger partial charge on any atom is -0.409 e. The molecule has 1 aromatic rings. The average Bonchev–Trinajstić information content (AvgIpc) is 2.30. The topological polar surface area (TPSA) is 70.6 Å². The second-order valence-electron chi connectivity index (χ2n) is 4.14. The Labute approximate surface area is 100 Å². The number of nitrogens with one attached hydrogen (secondary N) is 1. The summed E-state index contributed by atoms with van der Waals surface area (Å²) in [4.78, 5) is 0. The molecule has 5 heteroatoms. The molecule has 0 fully saturated rings. The zero-order chi connectivity index (χ0) is 12.8. The van der Waals surface area contributed by atoms with Crippen LogP contribution in [0.15, 0.2) is 29.4 Å². The summed E-state index contributed by atoms with van der Waals surface area (Å²) in [5, 5.41) is 14.6. The molecule has 0 saturated heterocycles. The van der Waals surface area contributed by atoms with Crippen molar-refractivity contribution in [2.24, 2.45) is 10.9 Å². The average molecular weight is 239 g/mol. The smallest absolute Gasteiger partial charge is 0.156 e. The Morgan fingerprint density at radius 3 is 2.53 bits per heavy atom. The zero-order valence-corrected chi connectivity index (χ0v) is 10.0. The molecule has 0 saturated carbocycles. The van der Waals surface area contributed by atoms with Gasteiger partial charge < -0.3 is 16.3 Å². The number of hydrogen-bond donors (Lipinski definition) is 3. The zero-order valence-electron chi connectivity index (χ0n) is 10.0. The molecular weight excluding hydrogens is 221 g/mol. The fourth-order valence-corrected chi connectivity index (χ4v) is 1.63. The standard InChI is InChI=1S/C12H18FN3O/c1-8(15-9(2)12(14)16-17)7-10-3-5-11(13)6-4-10/h3-6,8-9,15,17H,7H2,1-2H3,(H2,14,16). The molecule has 0 amide bonds. The first kappa shape index (κ1) is 13.4. The Hall–Kier alpha value is -1.62. The molecule has 17 heavy (non-hydrogen) atoms. The molecule has 0 bridgehead atoms. The minimum atomic E-state index is -0.237. The molecule has 2 unspecified atom stereocenters. The van der Waals surface area contributed by atoms with E-state index in [0.29, 0.717) is 0 Å². The second-order valence-corrected chi connectivity index (χ2v) is 4.14. The molecule has 0 radical (unpaired) electrons. The van der Waals surface area contributed by atoms with Crippen molar-refractivity contribution in [1.82, 2.24) is 5.32 Å². The van der Waals surface area contributed by atoms with Crippen molar-refractivity contribution < 1.29 is 9.60 Å². The first-order valence-electron chi connectivity index (χ1n) is 5.51. The van der Waals surface area contributed by atoms with Crippen LogP contribution in [0.25, 0.3) is 0 Å². The highest BCUT2D eigenvalue weighted by molar-refractivity contribution is 5.84. The van der Waals surface area contributed by atoms with Gasteiger partial charge in [-0.1, -0.05) is 17.3 Å². The highest BCUT2D eigenvalue weighted by atomic mass is 19.1. The highest BCUT2D eigenvalue weighted by Gasteiger charge is 2.11. The number of rotatable bonds is 5. The Morgan fingerprint density at radius 2 is 2.00 bits per heavy atom. The number of benzene rings is 1. The van der Waals surface area contributed by atoms with Gasteiger partial charge in [0.2, 0.25) is 0 Å². The Kier molecular flexibility index (Phi) is 4.90. The van der Waals surface area contributed by atoms with Crippen LogP contribution in [0.3, 0.4) is 0 Å². The summed E-state index contributed by atoms with van der Waals surface area (Å²) in [5.74, 6) is -0.0876. The van der Waals surface area contributed by atoms with Gasteiger partial charge in [0, 0.05) is 6.04 Å². The fraction of sp³-hybridized carbons (Fsp3) is 0.417. The lowest BCUT2D eigenvalue weighted by Gasteiger charge is -2.19. The number of nitrogens with zero attached hydrogens (tertiary/aromatic N) is 1. The van der Waals surface area contributed by atoms with Crippen molar-refractivity contribution in [3.8, 4) is 0 Å². The van der Waals surface area contributed by atoms with Crippen LogP contribution in [0.2, 0.25) is 0 Å². The molecule has 0 aliphatic heterocycles. The van der Waals surface area contributed by atoms with Gasteiger partial charge in [-0.15, -0.1) is 0 Å². The molecule has 4 nitrogen and oxygen atoms in total. The van der Waals surface area contributed by atoms with Crippen molar-refractivity contribution in [2.45, 2.75) is 32.4 Å². The van der Waals surface area contributed by atoms with Gasteiger partial charge in [-0.25, -0.2) is 4.39 Å². The molecule has 94 valence electrons. The second kappa shape index (κ2) is 6.20. The molecule has 4 N–H and O–H groups in total. The number of nitrogens with two attached hydrogens (primary N) is 1. The quantitative estimate of drug-likeness (QED) is 0.315. The molecule has 1 aromatic carbocycles. The van der Waals surface area contributed by atoms with Crippen LogP contribution in [-0.2, 0) is 6.42 Å². The largest absolute Gasteiger partial charge is 0.409 e. The lowest BCUT2D eigenvalue weighted by atomic mass is 10.1. The van der Waals surface area contributed by atoms with Crippen LogP contribution < -0.4 is 11.1 Å².